The van der Waals surface area contributed by atoms with Gasteiger partial charge in [0, 0.05) is 16.1 Å². The van der Waals surface area contributed by atoms with Crippen LogP contribution in [0.5, 0.6) is 0 Å². The summed E-state index contributed by atoms with van der Waals surface area (Å²) in [4.78, 5) is 31.1. The van der Waals surface area contributed by atoms with Crippen LogP contribution in [0.1, 0.15) is 10.4 Å². The lowest BCUT2D eigenvalue weighted by molar-refractivity contribution is -0.146. The molecule has 0 saturated carbocycles. The summed E-state index contributed by atoms with van der Waals surface area (Å²) < 4.78 is 5.19. The first-order valence-electron chi connectivity index (χ1n) is 9.67. The number of nitrogens with zero attached hydrogens (tertiary/aromatic N) is 2. The molecule has 0 bridgehead atoms. The van der Waals surface area contributed by atoms with E-state index in [1.165, 1.54) is 11.3 Å². The number of hydrogen-bond donors (Lipinski definition) is 1. The lowest BCUT2D eigenvalue weighted by Crippen LogP contribution is -2.21. The highest BCUT2D eigenvalue weighted by atomic mass is 32.1. The number of hydrogen-bond acceptors (Lipinski definition) is 7. The van der Waals surface area contributed by atoms with Gasteiger partial charge in [0.05, 0.1) is 28.6 Å². The van der Waals surface area contributed by atoms with Crippen LogP contribution in [0.2, 0.25) is 0 Å². The first-order valence-corrected chi connectivity index (χ1v) is 11.4. The van der Waals surface area contributed by atoms with Crippen LogP contribution in [0, 0.1) is 11.3 Å². The lowest BCUT2D eigenvalue weighted by atomic mass is 10.2. The summed E-state index contributed by atoms with van der Waals surface area (Å²) in [6.07, 6.45) is 0.0296. The topological polar surface area (TPSA) is 92.1 Å². The normalized spacial score (nSPS) is 10.3. The van der Waals surface area contributed by atoms with Crippen LogP contribution in [-0.4, -0.2) is 23.5 Å². The fourth-order valence-corrected chi connectivity index (χ4v) is 4.81. The van der Waals surface area contributed by atoms with Crippen molar-refractivity contribution in [2.45, 2.75) is 6.42 Å². The molecule has 0 atom stereocenters. The van der Waals surface area contributed by atoms with E-state index in [0.29, 0.717) is 11.3 Å². The predicted molar refractivity (Wildman–Crippen MR) is 125 cm³/mol. The number of amides is 1. The predicted octanol–water partition coefficient (Wildman–Crippen LogP) is 5.13. The van der Waals surface area contributed by atoms with Gasteiger partial charge >= 0.3 is 5.97 Å². The largest absolute Gasteiger partial charge is 0.455 e. The molecule has 2 aromatic carbocycles. The maximum atomic E-state index is 12.5. The van der Waals surface area contributed by atoms with Crippen molar-refractivity contribution in [3.63, 3.8) is 0 Å². The number of nitriles is 1. The minimum atomic E-state index is -0.499. The molecule has 0 unspecified atom stereocenters. The average Bonchev–Trinajstić information content (AvgIpc) is 3.49. The van der Waals surface area contributed by atoms with E-state index in [1.54, 1.807) is 35.6 Å². The van der Waals surface area contributed by atoms with E-state index in [2.05, 4.69) is 5.32 Å². The number of thiophene rings is 1. The van der Waals surface area contributed by atoms with Gasteiger partial charge in [0.25, 0.3) is 5.91 Å². The van der Waals surface area contributed by atoms with E-state index in [-0.39, 0.29) is 6.42 Å². The van der Waals surface area contributed by atoms with E-state index >= 15 is 0 Å². The maximum Gasteiger partial charge on any atom is 0.311 e. The summed E-state index contributed by atoms with van der Waals surface area (Å²) in [5.41, 5.74) is 2.77. The Balaban J connectivity index is 1.41. The van der Waals surface area contributed by atoms with Crippen LogP contribution in [0.15, 0.2) is 72.1 Å². The number of rotatable bonds is 7. The minimum Gasteiger partial charge on any atom is -0.455 e. The Morgan fingerprint density at radius 1 is 1.03 bits per heavy atom. The first-order chi connectivity index (χ1) is 15.6. The molecule has 158 valence electrons. The standard InChI is InChI=1S/C24H17N3O3S2/c25-14-16-8-10-18(11-9-16)26-21(28)15-30-22(29)13-20-23(19-7-4-12-31-19)27-24(32-20)17-5-2-1-3-6-17/h1-12H,13,15H2,(H,26,28). The molecular formula is C24H17N3O3S2. The first kappa shape index (κ1) is 21.4. The summed E-state index contributed by atoms with van der Waals surface area (Å²) in [5, 5.41) is 14.3. The number of esters is 1. The molecule has 0 saturated heterocycles. The molecule has 0 aliphatic rings. The highest BCUT2D eigenvalue weighted by Gasteiger charge is 2.19. The van der Waals surface area contributed by atoms with Crippen molar-refractivity contribution in [1.82, 2.24) is 4.98 Å². The molecule has 4 rings (SSSR count). The molecule has 2 heterocycles. The summed E-state index contributed by atoms with van der Waals surface area (Å²) in [5.74, 6) is -0.947. The average molecular weight is 460 g/mol. The number of aromatic nitrogens is 1. The van der Waals surface area contributed by atoms with Gasteiger partial charge in [-0.2, -0.15) is 5.26 Å². The second-order valence-corrected chi connectivity index (χ2v) is 8.74. The van der Waals surface area contributed by atoms with Gasteiger partial charge in [0.1, 0.15) is 5.01 Å². The van der Waals surface area contributed by atoms with Gasteiger partial charge in [0.2, 0.25) is 0 Å². The molecule has 6 nitrogen and oxygen atoms in total. The van der Waals surface area contributed by atoms with Crippen molar-refractivity contribution in [2.24, 2.45) is 0 Å². The monoisotopic (exact) mass is 459 g/mol. The number of thiazole rings is 1. The van der Waals surface area contributed by atoms with E-state index in [1.807, 2.05) is 53.9 Å². The van der Waals surface area contributed by atoms with E-state index in [4.69, 9.17) is 15.0 Å². The summed E-state index contributed by atoms with van der Waals surface area (Å²) >= 11 is 3.00. The van der Waals surface area contributed by atoms with Crippen molar-refractivity contribution in [1.29, 1.82) is 5.26 Å². The van der Waals surface area contributed by atoms with Crippen molar-refractivity contribution < 1.29 is 14.3 Å². The smallest absolute Gasteiger partial charge is 0.311 e. The Labute approximate surface area is 192 Å². The number of carbonyl (C=O) groups excluding carboxylic acids is 2. The Kier molecular flexibility index (Phi) is 6.70. The van der Waals surface area contributed by atoms with Crippen LogP contribution < -0.4 is 5.32 Å². The third-order valence-corrected chi connectivity index (χ3v) is 6.42. The van der Waals surface area contributed by atoms with Gasteiger partial charge in [0.15, 0.2) is 6.61 Å². The molecule has 1 amide bonds. The third kappa shape index (κ3) is 5.27. The molecule has 0 aliphatic carbocycles. The molecule has 8 heteroatoms. The number of carbonyl (C=O) groups is 2. The SMILES string of the molecule is N#Cc1ccc(NC(=O)COC(=O)Cc2sc(-c3ccccc3)nc2-c2cccs2)cc1. The maximum absolute atomic E-state index is 12.5. The van der Waals surface area contributed by atoms with Crippen LogP contribution in [-0.2, 0) is 20.7 Å². The Morgan fingerprint density at radius 2 is 1.81 bits per heavy atom. The van der Waals surface area contributed by atoms with Gasteiger partial charge in [-0.25, -0.2) is 4.98 Å². The zero-order valence-electron chi connectivity index (χ0n) is 16.8. The van der Waals surface area contributed by atoms with Gasteiger partial charge in [-0.05, 0) is 35.7 Å². The van der Waals surface area contributed by atoms with Crippen LogP contribution in [0.25, 0.3) is 21.1 Å². The van der Waals surface area contributed by atoms with Crippen molar-refractivity contribution in [2.75, 3.05) is 11.9 Å². The highest BCUT2D eigenvalue weighted by Crippen LogP contribution is 2.36. The molecule has 0 spiro atoms. The summed E-state index contributed by atoms with van der Waals surface area (Å²) in [6.45, 7) is -0.391. The number of ether oxygens (including phenoxy) is 1. The van der Waals surface area contributed by atoms with E-state index < -0.39 is 18.5 Å². The van der Waals surface area contributed by atoms with Crippen molar-refractivity contribution >= 4 is 40.2 Å². The number of nitrogens with one attached hydrogen (secondary N) is 1. The fraction of sp³-hybridized carbons (Fsp3) is 0.0833. The quantitative estimate of drug-likeness (QED) is 0.387. The zero-order valence-corrected chi connectivity index (χ0v) is 18.4. The van der Waals surface area contributed by atoms with Crippen LogP contribution in [0.4, 0.5) is 5.69 Å². The number of anilines is 1. The second kappa shape index (κ2) is 10.0. The number of benzene rings is 2. The molecular weight excluding hydrogens is 442 g/mol. The molecule has 1 N–H and O–H groups in total. The van der Waals surface area contributed by atoms with E-state index in [0.717, 1.165) is 26.0 Å². The highest BCUT2D eigenvalue weighted by molar-refractivity contribution is 7.17. The van der Waals surface area contributed by atoms with Gasteiger partial charge in [-0.3, -0.25) is 9.59 Å². The third-order valence-electron chi connectivity index (χ3n) is 4.44. The lowest BCUT2D eigenvalue weighted by Gasteiger charge is -2.06. The van der Waals surface area contributed by atoms with Gasteiger partial charge in [-0.15, -0.1) is 22.7 Å². The molecule has 0 aliphatic heterocycles. The van der Waals surface area contributed by atoms with Gasteiger partial charge in [-0.1, -0.05) is 36.4 Å². The Morgan fingerprint density at radius 3 is 2.50 bits per heavy atom. The zero-order chi connectivity index (χ0) is 22.3. The second-order valence-electron chi connectivity index (χ2n) is 6.71. The fourth-order valence-electron chi connectivity index (χ4n) is 2.93. The van der Waals surface area contributed by atoms with Crippen molar-refractivity contribution in [3.8, 4) is 27.2 Å². The van der Waals surface area contributed by atoms with Crippen LogP contribution >= 0.6 is 22.7 Å². The van der Waals surface area contributed by atoms with Gasteiger partial charge < -0.3 is 10.1 Å². The van der Waals surface area contributed by atoms with E-state index in [9.17, 15) is 9.59 Å². The Hall–Kier alpha value is -3.80. The van der Waals surface area contributed by atoms with Crippen LogP contribution in [0.3, 0.4) is 0 Å². The molecule has 2 aromatic heterocycles. The minimum absolute atomic E-state index is 0.0296. The summed E-state index contributed by atoms with van der Waals surface area (Å²) in [7, 11) is 0. The molecule has 0 radical (unpaired) electrons. The van der Waals surface area contributed by atoms with Crippen molar-refractivity contribution in [3.05, 3.63) is 82.6 Å². The molecule has 0 fully saturated rings. The summed E-state index contributed by atoms with van der Waals surface area (Å²) in [6, 6.07) is 22.1. The Bertz CT molecular complexity index is 1260. The molecule has 32 heavy (non-hydrogen) atoms. The molecule has 4 aromatic rings.